The minimum Gasteiger partial charge on any atom is -0.294 e. The molecular weight excluding hydrogens is 184 g/mol. The fourth-order valence-corrected chi connectivity index (χ4v) is 2.49. The number of Topliss-reactive ketones (excluding diaryl/α,β-unsaturated/α-hetero) is 1. The average Bonchev–Trinajstić information content (AvgIpc) is 2.26. The maximum atomic E-state index is 11.8. The first-order valence-electron chi connectivity index (χ1n) is 5.32. The van der Waals surface area contributed by atoms with Crippen molar-refractivity contribution >= 4 is 16.6 Å². The van der Waals surface area contributed by atoms with Crippen LogP contribution in [0.15, 0.2) is 30.3 Å². The van der Waals surface area contributed by atoms with Gasteiger partial charge < -0.3 is 0 Å². The standard InChI is InChI=1S/C14H12O/c1-9-5-6-10-3-2-4-12-13(15)8-7-11(9)14(10)12/h2-6H,7-8H2,1H3. The fourth-order valence-electron chi connectivity index (χ4n) is 2.49. The number of carbonyl (C=O) groups excluding carboxylic acids is 1. The summed E-state index contributed by atoms with van der Waals surface area (Å²) in [5.41, 5.74) is 3.59. The fraction of sp³-hybridized carbons (Fsp3) is 0.214. The Morgan fingerprint density at radius 1 is 1.07 bits per heavy atom. The first kappa shape index (κ1) is 8.66. The Kier molecular flexibility index (Phi) is 1.69. The largest absolute Gasteiger partial charge is 0.294 e. The van der Waals surface area contributed by atoms with Crippen molar-refractivity contribution in [3.63, 3.8) is 0 Å². The van der Waals surface area contributed by atoms with Crippen LogP contribution in [-0.2, 0) is 6.42 Å². The molecule has 0 saturated carbocycles. The minimum atomic E-state index is 0.290. The van der Waals surface area contributed by atoms with E-state index in [1.54, 1.807) is 0 Å². The molecule has 15 heavy (non-hydrogen) atoms. The second-order valence-electron chi connectivity index (χ2n) is 4.19. The zero-order valence-electron chi connectivity index (χ0n) is 8.71. The van der Waals surface area contributed by atoms with E-state index in [0.29, 0.717) is 12.2 Å². The molecule has 0 unspecified atom stereocenters. The predicted octanol–water partition coefficient (Wildman–Crippen LogP) is 3.28. The number of carbonyl (C=O) groups is 1. The molecule has 1 aliphatic rings. The Hall–Kier alpha value is -1.63. The predicted molar refractivity (Wildman–Crippen MR) is 61.3 cm³/mol. The Labute approximate surface area is 88.7 Å². The summed E-state index contributed by atoms with van der Waals surface area (Å²) in [6.45, 7) is 2.13. The van der Waals surface area contributed by atoms with Crippen LogP contribution in [0.4, 0.5) is 0 Å². The van der Waals surface area contributed by atoms with E-state index in [0.717, 1.165) is 12.0 Å². The van der Waals surface area contributed by atoms with E-state index in [-0.39, 0.29) is 0 Å². The molecule has 2 aromatic carbocycles. The van der Waals surface area contributed by atoms with Crippen molar-refractivity contribution in [2.75, 3.05) is 0 Å². The summed E-state index contributed by atoms with van der Waals surface area (Å²) in [5, 5.41) is 2.38. The summed E-state index contributed by atoms with van der Waals surface area (Å²) in [7, 11) is 0. The van der Waals surface area contributed by atoms with E-state index in [2.05, 4.69) is 25.1 Å². The Bertz CT molecular complexity index is 567. The average molecular weight is 196 g/mol. The number of aryl methyl sites for hydroxylation is 2. The van der Waals surface area contributed by atoms with E-state index in [9.17, 15) is 4.79 Å². The summed E-state index contributed by atoms with van der Waals surface area (Å²) >= 11 is 0. The van der Waals surface area contributed by atoms with Crippen LogP contribution in [0, 0.1) is 6.92 Å². The van der Waals surface area contributed by atoms with Gasteiger partial charge in [0, 0.05) is 12.0 Å². The molecule has 0 spiro atoms. The summed E-state index contributed by atoms with van der Waals surface area (Å²) in [5.74, 6) is 0.290. The molecule has 0 radical (unpaired) electrons. The first-order valence-corrected chi connectivity index (χ1v) is 5.32. The number of benzene rings is 2. The van der Waals surface area contributed by atoms with Crippen molar-refractivity contribution in [1.82, 2.24) is 0 Å². The normalized spacial score (nSPS) is 14.6. The van der Waals surface area contributed by atoms with Crippen LogP contribution >= 0.6 is 0 Å². The molecule has 0 bridgehead atoms. The van der Waals surface area contributed by atoms with E-state index < -0.39 is 0 Å². The lowest BCUT2D eigenvalue weighted by Gasteiger charge is -2.18. The topological polar surface area (TPSA) is 17.1 Å². The van der Waals surface area contributed by atoms with Crippen molar-refractivity contribution in [1.29, 1.82) is 0 Å². The molecule has 0 saturated heterocycles. The maximum Gasteiger partial charge on any atom is 0.163 e. The van der Waals surface area contributed by atoms with E-state index in [1.165, 1.54) is 21.9 Å². The maximum absolute atomic E-state index is 11.8. The van der Waals surface area contributed by atoms with E-state index >= 15 is 0 Å². The van der Waals surface area contributed by atoms with Crippen LogP contribution in [0.2, 0.25) is 0 Å². The van der Waals surface area contributed by atoms with Crippen LogP contribution < -0.4 is 0 Å². The van der Waals surface area contributed by atoms with Crippen molar-refractivity contribution in [3.8, 4) is 0 Å². The molecule has 0 heterocycles. The van der Waals surface area contributed by atoms with Gasteiger partial charge >= 0.3 is 0 Å². The van der Waals surface area contributed by atoms with Crippen LogP contribution in [-0.4, -0.2) is 5.78 Å². The Morgan fingerprint density at radius 2 is 1.93 bits per heavy atom. The summed E-state index contributed by atoms with van der Waals surface area (Å²) in [6.07, 6.45) is 1.57. The second-order valence-corrected chi connectivity index (χ2v) is 4.19. The van der Waals surface area contributed by atoms with Gasteiger partial charge in [0.1, 0.15) is 0 Å². The first-order chi connectivity index (χ1) is 7.27. The molecule has 1 nitrogen and oxygen atoms in total. The molecule has 1 aliphatic carbocycles. The van der Waals surface area contributed by atoms with Gasteiger partial charge in [-0.15, -0.1) is 0 Å². The molecule has 3 rings (SSSR count). The number of rotatable bonds is 0. The second kappa shape index (κ2) is 2.93. The Balaban J connectivity index is 2.53. The van der Waals surface area contributed by atoms with Crippen molar-refractivity contribution < 1.29 is 4.79 Å². The van der Waals surface area contributed by atoms with Crippen molar-refractivity contribution in [2.24, 2.45) is 0 Å². The van der Waals surface area contributed by atoms with Gasteiger partial charge in [-0.2, -0.15) is 0 Å². The van der Waals surface area contributed by atoms with Crippen LogP contribution in [0.1, 0.15) is 27.9 Å². The third-order valence-corrected chi connectivity index (χ3v) is 3.29. The minimum absolute atomic E-state index is 0.290. The van der Waals surface area contributed by atoms with Gasteiger partial charge in [-0.25, -0.2) is 0 Å². The van der Waals surface area contributed by atoms with Gasteiger partial charge in [-0.3, -0.25) is 4.79 Å². The number of hydrogen-bond donors (Lipinski definition) is 0. The number of ketones is 1. The third-order valence-electron chi connectivity index (χ3n) is 3.29. The van der Waals surface area contributed by atoms with Crippen LogP contribution in [0.3, 0.4) is 0 Å². The van der Waals surface area contributed by atoms with E-state index in [1.807, 2.05) is 12.1 Å². The van der Waals surface area contributed by atoms with Gasteiger partial charge in [0.2, 0.25) is 0 Å². The lowest BCUT2D eigenvalue weighted by molar-refractivity contribution is 0.0982. The third kappa shape index (κ3) is 1.13. The summed E-state index contributed by atoms with van der Waals surface area (Å²) in [6, 6.07) is 10.3. The molecular formula is C14H12O. The van der Waals surface area contributed by atoms with Crippen molar-refractivity contribution in [2.45, 2.75) is 19.8 Å². The molecule has 74 valence electrons. The quantitative estimate of drug-likeness (QED) is 0.632. The molecule has 0 N–H and O–H groups in total. The van der Waals surface area contributed by atoms with Gasteiger partial charge in [-0.05, 0) is 35.2 Å². The zero-order chi connectivity index (χ0) is 10.4. The molecule has 0 fully saturated rings. The highest BCUT2D eigenvalue weighted by molar-refractivity contribution is 6.11. The highest BCUT2D eigenvalue weighted by atomic mass is 16.1. The summed E-state index contributed by atoms with van der Waals surface area (Å²) < 4.78 is 0. The molecule has 0 aromatic heterocycles. The van der Waals surface area contributed by atoms with Gasteiger partial charge in [-0.1, -0.05) is 30.3 Å². The lowest BCUT2D eigenvalue weighted by atomic mass is 9.85. The molecule has 0 amide bonds. The van der Waals surface area contributed by atoms with Gasteiger partial charge in [0.25, 0.3) is 0 Å². The lowest BCUT2D eigenvalue weighted by Crippen LogP contribution is -2.10. The van der Waals surface area contributed by atoms with Gasteiger partial charge in [0.15, 0.2) is 5.78 Å². The molecule has 0 atom stereocenters. The highest BCUT2D eigenvalue weighted by Gasteiger charge is 2.19. The molecule has 0 aliphatic heterocycles. The zero-order valence-corrected chi connectivity index (χ0v) is 8.71. The summed E-state index contributed by atoms with van der Waals surface area (Å²) in [4.78, 5) is 11.8. The molecule has 1 heteroatoms. The van der Waals surface area contributed by atoms with Gasteiger partial charge in [0.05, 0.1) is 0 Å². The SMILES string of the molecule is Cc1ccc2cccc3c2c1CCC3=O. The van der Waals surface area contributed by atoms with E-state index in [4.69, 9.17) is 0 Å². The number of hydrogen-bond acceptors (Lipinski definition) is 1. The highest BCUT2D eigenvalue weighted by Crippen LogP contribution is 2.31. The molecule has 2 aromatic rings. The van der Waals surface area contributed by atoms with Crippen molar-refractivity contribution in [3.05, 3.63) is 47.0 Å². The smallest absolute Gasteiger partial charge is 0.163 e. The van der Waals surface area contributed by atoms with Crippen LogP contribution in [0.25, 0.3) is 10.8 Å². The monoisotopic (exact) mass is 196 g/mol. The Morgan fingerprint density at radius 3 is 2.80 bits per heavy atom. The van der Waals surface area contributed by atoms with Crippen LogP contribution in [0.5, 0.6) is 0 Å².